The highest BCUT2D eigenvalue weighted by atomic mass is 35.5. The summed E-state index contributed by atoms with van der Waals surface area (Å²) in [6.07, 6.45) is -0.971. The van der Waals surface area contributed by atoms with Crippen LogP contribution in [-0.4, -0.2) is 15.0 Å². The third-order valence-electron chi connectivity index (χ3n) is 3.23. The lowest BCUT2D eigenvalue weighted by Crippen LogP contribution is -2.09. The van der Waals surface area contributed by atoms with Crippen LogP contribution in [0, 0.1) is 0 Å². The minimum Gasteiger partial charge on any atom is -0.252 e. The van der Waals surface area contributed by atoms with Crippen molar-refractivity contribution >= 4 is 11.6 Å². The van der Waals surface area contributed by atoms with Crippen molar-refractivity contribution in [3.05, 3.63) is 52.3 Å². The molecule has 0 N–H and O–H groups in total. The van der Waals surface area contributed by atoms with Crippen LogP contribution < -0.4 is 0 Å². The fourth-order valence-corrected chi connectivity index (χ4v) is 2.28. The normalized spacial score (nSPS) is 15.2. The summed E-state index contributed by atoms with van der Waals surface area (Å²) in [5.74, 6) is 0.844. The molecule has 2 heterocycles. The van der Waals surface area contributed by atoms with E-state index in [2.05, 4.69) is 15.0 Å². The van der Waals surface area contributed by atoms with Crippen molar-refractivity contribution in [3.8, 4) is 0 Å². The van der Waals surface area contributed by atoms with Crippen LogP contribution in [0.5, 0.6) is 0 Å². The van der Waals surface area contributed by atoms with Gasteiger partial charge in [-0.25, -0.2) is 9.97 Å². The molecule has 1 aliphatic carbocycles. The Hall–Kier alpha value is -1.69. The molecule has 110 valence electrons. The number of halogens is 4. The molecule has 1 saturated carbocycles. The summed E-state index contributed by atoms with van der Waals surface area (Å²) in [7, 11) is 0. The van der Waals surface area contributed by atoms with Gasteiger partial charge in [0.1, 0.15) is 16.7 Å². The first-order chi connectivity index (χ1) is 9.91. The minimum atomic E-state index is -4.45. The Labute approximate surface area is 124 Å². The van der Waals surface area contributed by atoms with Crippen LogP contribution in [0.1, 0.15) is 41.5 Å². The summed E-state index contributed by atoms with van der Waals surface area (Å²) in [6, 6.07) is 4.26. The molecular formula is C14H11ClF3N3. The van der Waals surface area contributed by atoms with E-state index in [0.717, 1.165) is 30.8 Å². The highest BCUT2D eigenvalue weighted by Crippen LogP contribution is 2.39. The van der Waals surface area contributed by atoms with Crippen LogP contribution in [0.25, 0.3) is 0 Å². The van der Waals surface area contributed by atoms with Crippen molar-refractivity contribution in [2.45, 2.75) is 31.4 Å². The van der Waals surface area contributed by atoms with E-state index in [0.29, 0.717) is 22.5 Å². The minimum absolute atomic E-state index is 0.200. The van der Waals surface area contributed by atoms with Crippen LogP contribution in [0.4, 0.5) is 13.2 Å². The Kier molecular flexibility index (Phi) is 3.57. The zero-order chi connectivity index (χ0) is 15.0. The van der Waals surface area contributed by atoms with E-state index in [4.69, 9.17) is 11.6 Å². The molecule has 0 spiro atoms. The summed E-state index contributed by atoms with van der Waals surface area (Å²) in [5, 5.41) is 0.326. The van der Waals surface area contributed by atoms with Crippen molar-refractivity contribution < 1.29 is 13.2 Å². The standard InChI is InChI=1S/C14H11ClF3N3/c15-12-7-10(9-1-2-9)20-13(21-12)6-8-3-4-19-11(5-8)14(16,17)18/h3-5,7,9H,1-2,6H2. The van der Waals surface area contributed by atoms with Crippen LogP contribution >= 0.6 is 11.6 Å². The number of nitrogens with zero attached hydrogens (tertiary/aromatic N) is 3. The number of hydrogen-bond acceptors (Lipinski definition) is 3. The lowest BCUT2D eigenvalue weighted by atomic mass is 10.1. The van der Waals surface area contributed by atoms with E-state index in [9.17, 15) is 13.2 Å². The van der Waals surface area contributed by atoms with Gasteiger partial charge in [0, 0.05) is 24.2 Å². The van der Waals surface area contributed by atoms with Gasteiger partial charge in [0.25, 0.3) is 0 Å². The summed E-state index contributed by atoms with van der Waals surface area (Å²) in [4.78, 5) is 11.8. The van der Waals surface area contributed by atoms with E-state index in [-0.39, 0.29) is 6.42 Å². The molecule has 0 aliphatic heterocycles. The first-order valence-corrected chi connectivity index (χ1v) is 6.85. The average Bonchev–Trinajstić information content (AvgIpc) is 3.21. The number of aromatic nitrogens is 3. The molecule has 0 unspecified atom stereocenters. The lowest BCUT2D eigenvalue weighted by molar-refractivity contribution is -0.141. The van der Waals surface area contributed by atoms with Crippen molar-refractivity contribution in [3.63, 3.8) is 0 Å². The molecule has 7 heteroatoms. The van der Waals surface area contributed by atoms with Gasteiger partial charge in [-0.3, -0.25) is 4.98 Å². The zero-order valence-corrected chi connectivity index (χ0v) is 11.6. The molecule has 1 fully saturated rings. The Morgan fingerprint density at radius 3 is 2.62 bits per heavy atom. The molecule has 2 aromatic heterocycles. The first-order valence-electron chi connectivity index (χ1n) is 6.47. The van der Waals surface area contributed by atoms with Crippen molar-refractivity contribution in [2.75, 3.05) is 0 Å². The third kappa shape index (κ3) is 3.50. The van der Waals surface area contributed by atoms with Gasteiger partial charge in [-0.1, -0.05) is 11.6 Å². The summed E-state index contributed by atoms with van der Waals surface area (Å²) >= 11 is 5.95. The topological polar surface area (TPSA) is 38.7 Å². The van der Waals surface area contributed by atoms with Crippen LogP contribution in [0.2, 0.25) is 5.15 Å². The van der Waals surface area contributed by atoms with Crippen LogP contribution in [0.3, 0.4) is 0 Å². The molecule has 0 radical (unpaired) electrons. The highest BCUT2D eigenvalue weighted by Gasteiger charge is 2.32. The molecule has 0 saturated heterocycles. The Morgan fingerprint density at radius 2 is 1.95 bits per heavy atom. The summed E-state index contributed by atoms with van der Waals surface area (Å²) in [5.41, 5.74) is 0.417. The number of rotatable bonds is 3. The van der Waals surface area contributed by atoms with Gasteiger partial charge in [-0.05, 0) is 36.6 Å². The van der Waals surface area contributed by atoms with Gasteiger partial charge in [0.15, 0.2) is 0 Å². The predicted molar refractivity (Wildman–Crippen MR) is 71.1 cm³/mol. The quantitative estimate of drug-likeness (QED) is 0.804. The molecule has 0 bridgehead atoms. The molecule has 2 aromatic rings. The van der Waals surface area contributed by atoms with Crippen molar-refractivity contribution in [1.82, 2.24) is 15.0 Å². The van der Waals surface area contributed by atoms with Gasteiger partial charge < -0.3 is 0 Å². The molecule has 0 aromatic carbocycles. The maximum Gasteiger partial charge on any atom is 0.433 e. The Bertz CT molecular complexity index is 669. The van der Waals surface area contributed by atoms with E-state index < -0.39 is 11.9 Å². The lowest BCUT2D eigenvalue weighted by Gasteiger charge is -2.08. The summed E-state index contributed by atoms with van der Waals surface area (Å²) < 4.78 is 37.9. The number of alkyl halides is 3. The summed E-state index contributed by atoms with van der Waals surface area (Å²) in [6.45, 7) is 0. The number of pyridine rings is 1. The van der Waals surface area contributed by atoms with Crippen LogP contribution in [0.15, 0.2) is 24.4 Å². The Morgan fingerprint density at radius 1 is 1.19 bits per heavy atom. The molecule has 1 aliphatic rings. The maximum absolute atomic E-state index is 12.6. The average molecular weight is 314 g/mol. The SMILES string of the molecule is FC(F)(F)c1cc(Cc2nc(Cl)cc(C3CC3)n2)ccn1. The molecule has 21 heavy (non-hydrogen) atoms. The second-order valence-electron chi connectivity index (χ2n) is 5.03. The monoisotopic (exact) mass is 313 g/mol. The van der Waals surface area contributed by atoms with E-state index in [1.54, 1.807) is 6.07 Å². The van der Waals surface area contributed by atoms with E-state index in [1.807, 2.05) is 0 Å². The second-order valence-corrected chi connectivity index (χ2v) is 5.42. The van der Waals surface area contributed by atoms with Crippen LogP contribution in [-0.2, 0) is 12.6 Å². The maximum atomic E-state index is 12.6. The molecular weight excluding hydrogens is 303 g/mol. The third-order valence-corrected chi connectivity index (χ3v) is 3.43. The zero-order valence-electron chi connectivity index (χ0n) is 10.9. The van der Waals surface area contributed by atoms with Gasteiger partial charge in [-0.2, -0.15) is 13.2 Å². The molecule has 0 amide bonds. The van der Waals surface area contributed by atoms with Gasteiger partial charge >= 0.3 is 6.18 Å². The van der Waals surface area contributed by atoms with Crippen molar-refractivity contribution in [1.29, 1.82) is 0 Å². The molecule has 0 atom stereocenters. The van der Waals surface area contributed by atoms with E-state index >= 15 is 0 Å². The number of hydrogen-bond donors (Lipinski definition) is 0. The van der Waals surface area contributed by atoms with E-state index in [1.165, 1.54) is 6.07 Å². The molecule has 3 rings (SSSR count). The second kappa shape index (κ2) is 5.26. The smallest absolute Gasteiger partial charge is 0.252 e. The Balaban J connectivity index is 1.86. The highest BCUT2D eigenvalue weighted by molar-refractivity contribution is 6.29. The van der Waals surface area contributed by atoms with Gasteiger partial charge in [0.05, 0.1) is 0 Å². The largest absolute Gasteiger partial charge is 0.433 e. The predicted octanol–water partition coefficient (Wildman–Crippen LogP) is 4.01. The van der Waals surface area contributed by atoms with Gasteiger partial charge in [-0.15, -0.1) is 0 Å². The first kappa shape index (κ1) is 14.3. The molecule has 3 nitrogen and oxygen atoms in total. The van der Waals surface area contributed by atoms with Gasteiger partial charge in [0.2, 0.25) is 0 Å². The fraction of sp³-hybridized carbons (Fsp3) is 0.357. The fourth-order valence-electron chi connectivity index (χ4n) is 2.07. The van der Waals surface area contributed by atoms with Crippen molar-refractivity contribution in [2.24, 2.45) is 0 Å².